The number of piperidine rings is 1. The fraction of sp³-hybridized carbons (Fsp3) is 0.417. The zero-order valence-electron chi connectivity index (χ0n) is 8.52. The Balaban J connectivity index is 1.97. The molecule has 0 aromatic heterocycles. The molecule has 0 bridgehead atoms. The topological polar surface area (TPSA) is 49.3 Å². The fourth-order valence-electron chi connectivity index (χ4n) is 2.04. The summed E-state index contributed by atoms with van der Waals surface area (Å²) in [6.07, 6.45) is 1.67. The van der Waals surface area contributed by atoms with Crippen LogP contribution in [0.5, 0.6) is 0 Å². The Morgan fingerprint density at radius 1 is 1.27 bits per heavy atom. The van der Waals surface area contributed by atoms with E-state index in [1.807, 2.05) is 18.2 Å². The first kappa shape index (κ1) is 10.2. The second-order valence-electron chi connectivity index (χ2n) is 3.98. The van der Waals surface area contributed by atoms with Crippen molar-refractivity contribution in [2.24, 2.45) is 5.92 Å². The van der Waals surface area contributed by atoms with Crippen LogP contribution >= 0.6 is 0 Å². The molecular formula is C12H15NO2. The third-order valence-electron chi connectivity index (χ3n) is 2.97. The lowest BCUT2D eigenvalue weighted by molar-refractivity contribution is -0.142. The van der Waals surface area contributed by atoms with Crippen LogP contribution in [0.4, 0.5) is 0 Å². The van der Waals surface area contributed by atoms with Gasteiger partial charge in [0, 0.05) is 12.6 Å². The van der Waals surface area contributed by atoms with Crippen molar-refractivity contribution in [1.29, 1.82) is 0 Å². The van der Waals surface area contributed by atoms with Crippen LogP contribution in [0, 0.1) is 5.92 Å². The number of carboxylic acids is 1. The number of hydrogen-bond donors (Lipinski definition) is 2. The van der Waals surface area contributed by atoms with Gasteiger partial charge in [-0.25, -0.2) is 0 Å². The van der Waals surface area contributed by atoms with Crippen molar-refractivity contribution < 1.29 is 9.90 Å². The Labute approximate surface area is 89.1 Å². The molecule has 2 rings (SSSR count). The van der Waals surface area contributed by atoms with Crippen molar-refractivity contribution in [2.75, 3.05) is 6.54 Å². The Morgan fingerprint density at radius 3 is 2.53 bits per heavy atom. The highest BCUT2D eigenvalue weighted by atomic mass is 16.4. The summed E-state index contributed by atoms with van der Waals surface area (Å²) >= 11 is 0. The van der Waals surface area contributed by atoms with Crippen LogP contribution in [0.3, 0.4) is 0 Å². The first-order valence-corrected chi connectivity index (χ1v) is 5.28. The van der Waals surface area contributed by atoms with E-state index in [-0.39, 0.29) is 5.92 Å². The summed E-state index contributed by atoms with van der Waals surface area (Å²) < 4.78 is 0. The van der Waals surface area contributed by atoms with Crippen molar-refractivity contribution in [3.05, 3.63) is 35.9 Å². The summed E-state index contributed by atoms with van der Waals surface area (Å²) in [6.45, 7) is 0.578. The molecular weight excluding hydrogens is 190 g/mol. The first-order valence-electron chi connectivity index (χ1n) is 5.28. The van der Waals surface area contributed by atoms with Gasteiger partial charge in [0.05, 0.1) is 5.92 Å². The largest absolute Gasteiger partial charge is 0.481 e. The number of aliphatic carboxylic acids is 1. The Kier molecular flexibility index (Phi) is 3.02. The average Bonchev–Trinajstić information content (AvgIpc) is 2.30. The molecule has 1 aromatic carbocycles. The lowest BCUT2D eigenvalue weighted by Crippen LogP contribution is -2.36. The highest BCUT2D eigenvalue weighted by Gasteiger charge is 2.25. The maximum Gasteiger partial charge on any atom is 0.307 e. The Bertz CT molecular complexity index is 329. The van der Waals surface area contributed by atoms with E-state index in [1.54, 1.807) is 0 Å². The molecule has 1 aromatic rings. The number of carbonyl (C=O) groups is 1. The summed E-state index contributed by atoms with van der Waals surface area (Å²) in [5.41, 5.74) is 1.25. The van der Waals surface area contributed by atoms with Crippen molar-refractivity contribution in [3.63, 3.8) is 0 Å². The smallest absolute Gasteiger partial charge is 0.307 e. The van der Waals surface area contributed by atoms with Gasteiger partial charge in [0.25, 0.3) is 0 Å². The second kappa shape index (κ2) is 4.45. The normalized spacial score (nSPS) is 26.1. The van der Waals surface area contributed by atoms with E-state index >= 15 is 0 Å². The minimum atomic E-state index is -0.686. The van der Waals surface area contributed by atoms with Gasteiger partial charge in [-0.15, -0.1) is 0 Å². The van der Waals surface area contributed by atoms with E-state index < -0.39 is 5.97 Å². The van der Waals surface area contributed by atoms with Gasteiger partial charge in [-0.1, -0.05) is 30.3 Å². The van der Waals surface area contributed by atoms with Crippen molar-refractivity contribution in [2.45, 2.75) is 18.9 Å². The van der Waals surface area contributed by atoms with E-state index in [2.05, 4.69) is 17.4 Å². The van der Waals surface area contributed by atoms with Crippen LogP contribution < -0.4 is 5.32 Å². The predicted molar refractivity (Wildman–Crippen MR) is 57.5 cm³/mol. The Morgan fingerprint density at radius 2 is 2.00 bits per heavy atom. The summed E-state index contributed by atoms with van der Waals surface area (Å²) in [7, 11) is 0. The molecule has 0 aliphatic carbocycles. The zero-order chi connectivity index (χ0) is 10.7. The number of nitrogens with one attached hydrogen (secondary N) is 1. The molecule has 0 saturated carbocycles. The van der Waals surface area contributed by atoms with Crippen molar-refractivity contribution >= 4 is 5.97 Å². The van der Waals surface area contributed by atoms with Crippen LogP contribution in [0.2, 0.25) is 0 Å². The van der Waals surface area contributed by atoms with Gasteiger partial charge in [-0.05, 0) is 18.4 Å². The molecule has 80 valence electrons. The SMILES string of the molecule is O=C(O)[C@@H]1CC[C@H](c2ccccc2)NC1. The Hall–Kier alpha value is -1.35. The van der Waals surface area contributed by atoms with Gasteiger partial charge in [0.1, 0.15) is 0 Å². The maximum absolute atomic E-state index is 10.8. The fourth-order valence-corrected chi connectivity index (χ4v) is 2.04. The lowest BCUT2D eigenvalue weighted by Gasteiger charge is -2.27. The van der Waals surface area contributed by atoms with E-state index in [9.17, 15) is 4.79 Å². The van der Waals surface area contributed by atoms with Crippen molar-refractivity contribution in [1.82, 2.24) is 5.32 Å². The lowest BCUT2D eigenvalue weighted by atomic mass is 9.91. The highest BCUT2D eigenvalue weighted by molar-refractivity contribution is 5.70. The van der Waals surface area contributed by atoms with Crippen LogP contribution in [-0.4, -0.2) is 17.6 Å². The molecule has 1 aliphatic heterocycles. The molecule has 0 amide bonds. The van der Waals surface area contributed by atoms with Crippen LogP contribution in [0.15, 0.2) is 30.3 Å². The minimum Gasteiger partial charge on any atom is -0.481 e. The number of rotatable bonds is 2. The monoisotopic (exact) mass is 205 g/mol. The molecule has 0 spiro atoms. The molecule has 0 unspecified atom stereocenters. The molecule has 15 heavy (non-hydrogen) atoms. The maximum atomic E-state index is 10.8. The van der Waals surface area contributed by atoms with Crippen LogP contribution in [-0.2, 0) is 4.79 Å². The summed E-state index contributed by atoms with van der Waals surface area (Å²) in [5, 5.41) is 12.1. The van der Waals surface area contributed by atoms with Gasteiger partial charge >= 0.3 is 5.97 Å². The molecule has 1 saturated heterocycles. The van der Waals surface area contributed by atoms with E-state index in [1.165, 1.54) is 5.56 Å². The molecule has 3 nitrogen and oxygen atoms in total. The molecule has 3 heteroatoms. The highest BCUT2D eigenvalue weighted by Crippen LogP contribution is 2.25. The summed E-state index contributed by atoms with van der Waals surface area (Å²) in [4.78, 5) is 10.8. The number of hydrogen-bond acceptors (Lipinski definition) is 2. The van der Waals surface area contributed by atoms with Gasteiger partial charge < -0.3 is 10.4 Å². The second-order valence-corrected chi connectivity index (χ2v) is 3.98. The third-order valence-corrected chi connectivity index (χ3v) is 2.97. The minimum absolute atomic E-state index is 0.218. The van der Waals surface area contributed by atoms with Gasteiger partial charge in [-0.3, -0.25) is 4.79 Å². The quantitative estimate of drug-likeness (QED) is 0.774. The molecule has 0 radical (unpaired) electrons. The standard InChI is InChI=1S/C12H15NO2/c14-12(15)10-6-7-11(13-8-10)9-4-2-1-3-5-9/h1-5,10-11,13H,6-8H2,(H,14,15)/t10-,11-/m1/s1. The van der Waals surface area contributed by atoms with Crippen molar-refractivity contribution in [3.8, 4) is 0 Å². The molecule has 1 aliphatic rings. The van der Waals surface area contributed by atoms with Crippen LogP contribution in [0.25, 0.3) is 0 Å². The van der Waals surface area contributed by atoms with Gasteiger partial charge in [0.15, 0.2) is 0 Å². The summed E-state index contributed by atoms with van der Waals surface area (Å²) in [6, 6.07) is 10.5. The molecule has 1 fully saturated rings. The summed E-state index contributed by atoms with van der Waals surface area (Å²) in [5.74, 6) is -0.904. The van der Waals surface area contributed by atoms with Gasteiger partial charge in [-0.2, -0.15) is 0 Å². The molecule has 1 heterocycles. The van der Waals surface area contributed by atoms with Crippen LogP contribution in [0.1, 0.15) is 24.4 Å². The van der Waals surface area contributed by atoms with Gasteiger partial charge in [0.2, 0.25) is 0 Å². The van der Waals surface area contributed by atoms with E-state index in [0.29, 0.717) is 12.6 Å². The predicted octanol–water partition coefficient (Wildman–Crippen LogP) is 1.81. The zero-order valence-corrected chi connectivity index (χ0v) is 8.52. The van der Waals surface area contributed by atoms with E-state index in [0.717, 1.165) is 12.8 Å². The third kappa shape index (κ3) is 2.36. The molecule has 2 atom stereocenters. The number of benzene rings is 1. The average molecular weight is 205 g/mol. The number of carboxylic acid groups (broad SMARTS) is 1. The van der Waals surface area contributed by atoms with E-state index in [4.69, 9.17) is 5.11 Å². The first-order chi connectivity index (χ1) is 7.27. The molecule has 2 N–H and O–H groups in total.